The van der Waals surface area contributed by atoms with Gasteiger partial charge in [0.15, 0.2) is 0 Å². The van der Waals surface area contributed by atoms with Crippen molar-refractivity contribution >= 4 is 17.4 Å². The highest BCUT2D eigenvalue weighted by Gasteiger charge is 2.37. The second kappa shape index (κ2) is 11.8. The van der Waals surface area contributed by atoms with Crippen molar-refractivity contribution in [3.63, 3.8) is 0 Å². The van der Waals surface area contributed by atoms with Crippen molar-refractivity contribution in [2.75, 3.05) is 37.6 Å². The smallest absolute Gasteiger partial charge is 0.369 e. The standard InChI is InChI=1S/C25H33F6N3O2/c1-17(35)2-7-23(36)32-21-5-3-18(4-6-21)8-9-33-10-12-34(13-11-33)22-15-19(24(26,27)28)14-20(16-22)25(29,30)31/h14-16,18,21H,2-13H2,1H3,(H,32,36). The summed E-state index contributed by atoms with van der Waals surface area (Å²) in [5.74, 6) is 0.427. The summed E-state index contributed by atoms with van der Waals surface area (Å²) in [5, 5.41) is 3.00. The van der Waals surface area contributed by atoms with Gasteiger partial charge in [-0.05, 0) is 69.7 Å². The topological polar surface area (TPSA) is 52.7 Å². The summed E-state index contributed by atoms with van der Waals surface area (Å²) in [6.45, 7) is 4.14. The van der Waals surface area contributed by atoms with Crippen molar-refractivity contribution < 1.29 is 35.9 Å². The molecule has 1 aromatic carbocycles. The molecule has 0 aromatic heterocycles. The van der Waals surface area contributed by atoms with Gasteiger partial charge in [0.2, 0.25) is 5.91 Å². The van der Waals surface area contributed by atoms with Gasteiger partial charge in [-0.15, -0.1) is 0 Å². The Bertz CT molecular complexity index is 870. The summed E-state index contributed by atoms with van der Waals surface area (Å²) in [6, 6.07) is 1.88. The zero-order valence-electron chi connectivity index (χ0n) is 20.4. The van der Waals surface area contributed by atoms with Gasteiger partial charge in [0.25, 0.3) is 0 Å². The summed E-state index contributed by atoms with van der Waals surface area (Å²) in [4.78, 5) is 26.7. The maximum absolute atomic E-state index is 13.2. The lowest BCUT2D eigenvalue weighted by Gasteiger charge is -2.37. The van der Waals surface area contributed by atoms with E-state index in [1.165, 1.54) is 6.92 Å². The van der Waals surface area contributed by atoms with Crippen LogP contribution < -0.4 is 10.2 Å². The van der Waals surface area contributed by atoms with Gasteiger partial charge in [-0.1, -0.05) is 0 Å². The molecule has 0 spiro atoms. The summed E-state index contributed by atoms with van der Waals surface area (Å²) in [5.41, 5.74) is -2.64. The van der Waals surface area contributed by atoms with Gasteiger partial charge in [-0.25, -0.2) is 0 Å². The molecule has 36 heavy (non-hydrogen) atoms. The van der Waals surface area contributed by atoms with E-state index in [2.05, 4.69) is 10.2 Å². The molecule has 1 saturated carbocycles. The number of carbonyl (C=O) groups is 2. The highest BCUT2D eigenvalue weighted by atomic mass is 19.4. The Balaban J connectivity index is 1.44. The van der Waals surface area contributed by atoms with Gasteiger partial charge >= 0.3 is 12.4 Å². The van der Waals surface area contributed by atoms with Crippen molar-refractivity contribution in [2.24, 2.45) is 5.92 Å². The Morgan fingerprint density at radius 3 is 1.92 bits per heavy atom. The van der Waals surface area contributed by atoms with Crippen molar-refractivity contribution in [3.8, 4) is 0 Å². The lowest BCUT2D eigenvalue weighted by atomic mass is 9.84. The first-order chi connectivity index (χ1) is 16.8. The van der Waals surface area contributed by atoms with Crippen LogP contribution in [-0.4, -0.2) is 55.4 Å². The summed E-state index contributed by atoms with van der Waals surface area (Å²) >= 11 is 0. The van der Waals surface area contributed by atoms with Crippen LogP contribution in [0, 0.1) is 5.92 Å². The molecule has 1 saturated heterocycles. The van der Waals surface area contributed by atoms with Crippen molar-refractivity contribution in [3.05, 3.63) is 29.3 Å². The largest absolute Gasteiger partial charge is 0.416 e. The molecule has 0 radical (unpaired) electrons. The Morgan fingerprint density at radius 2 is 1.42 bits per heavy atom. The number of benzene rings is 1. The van der Waals surface area contributed by atoms with Gasteiger partial charge in [0.1, 0.15) is 5.78 Å². The number of piperazine rings is 1. The lowest BCUT2D eigenvalue weighted by Crippen LogP contribution is -2.47. The Labute approximate surface area is 207 Å². The molecule has 1 aromatic rings. The van der Waals surface area contributed by atoms with Gasteiger partial charge in [0, 0.05) is 50.7 Å². The van der Waals surface area contributed by atoms with E-state index in [1.54, 1.807) is 4.90 Å². The van der Waals surface area contributed by atoms with Crippen LogP contribution in [0.2, 0.25) is 0 Å². The highest BCUT2D eigenvalue weighted by Crippen LogP contribution is 2.38. The fourth-order valence-corrected chi connectivity index (χ4v) is 4.90. The number of ketones is 1. The average Bonchev–Trinajstić information content (AvgIpc) is 2.81. The van der Waals surface area contributed by atoms with E-state index in [4.69, 9.17) is 0 Å². The third-order valence-electron chi connectivity index (χ3n) is 7.08. The van der Waals surface area contributed by atoms with Crippen LogP contribution in [0.3, 0.4) is 0 Å². The molecule has 11 heteroatoms. The molecule has 2 aliphatic rings. The number of nitrogens with one attached hydrogen (secondary N) is 1. The Hall–Kier alpha value is -2.30. The molecule has 1 heterocycles. The van der Waals surface area contributed by atoms with E-state index in [-0.39, 0.29) is 42.3 Å². The highest BCUT2D eigenvalue weighted by molar-refractivity contribution is 5.83. The maximum Gasteiger partial charge on any atom is 0.416 e. The molecule has 5 nitrogen and oxygen atoms in total. The minimum absolute atomic E-state index is 0.00410. The van der Waals surface area contributed by atoms with E-state index >= 15 is 0 Å². The number of nitrogens with zero attached hydrogens (tertiary/aromatic N) is 2. The zero-order chi connectivity index (χ0) is 26.5. The molecule has 202 valence electrons. The molecule has 0 bridgehead atoms. The van der Waals surface area contributed by atoms with Gasteiger partial charge in [-0.2, -0.15) is 26.3 Å². The average molecular weight is 522 g/mol. The maximum atomic E-state index is 13.2. The second-order valence-corrected chi connectivity index (χ2v) is 9.87. The van der Waals surface area contributed by atoms with Crippen molar-refractivity contribution in [2.45, 2.75) is 70.3 Å². The van der Waals surface area contributed by atoms with Crippen LogP contribution in [0.4, 0.5) is 32.0 Å². The molecule has 0 unspecified atom stereocenters. The Kier molecular flexibility index (Phi) is 9.29. The molecule has 1 aliphatic carbocycles. The lowest BCUT2D eigenvalue weighted by molar-refractivity contribution is -0.143. The number of alkyl halides is 6. The summed E-state index contributed by atoms with van der Waals surface area (Å²) < 4.78 is 79.0. The fraction of sp³-hybridized carbons (Fsp3) is 0.680. The molecule has 1 aliphatic heterocycles. The number of carbonyl (C=O) groups excluding carboxylic acids is 2. The Morgan fingerprint density at radius 1 is 0.861 bits per heavy atom. The monoisotopic (exact) mass is 521 g/mol. The normalized spacial score (nSPS) is 21.9. The van der Waals surface area contributed by atoms with Crippen LogP contribution in [0.25, 0.3) is 0 Å². The van der Waals surface area contributed by atoms with E-state index < -0.39 is 23.5 Å². The molecular weight excluding hydrogens is 488 g/mol. The second-order valence-electron chi connectivity index (χ2n) is 9.87. The molecular formula is C25H33F6N3O2. The molecule has 2 fully saturated rings. The third kappa shape index (κ3) is 8.38. The number of hydrogen-bond donors (Lipinski definition) is 1. The SMILES string of the molecule is CC(=O)CCC(=O)NC1CCC(CCN2CCN(c3cc(C(F)(F)F)cc(C(F)(F)F)c3)CC2)CC1. The van der Waals surface area contributed by atoms with Crippen LogP contribution in [0.5, 0.6) is 0 Å². The number of hydrogen-bond acceptors (Lipinski definition) is 4. The number of rotatable bonds is 8. The van der Waals surface area contributed by atoms with Gasteiger partial charge < -0.3 is 15.0 Å². The zero-order valence-corrected chi connectivity index (χ0v) is 20.4. The summed E-state index contributed by atoms with van der Waals surface area (Å²) in [6.07, 6.45) is -4.51. The number of Topliss-reactive ketones (excluding diaryl/α,β-unsaturated/α-hetero) is 1. The minimum Gasteiger partial charge on any atom is -0.369 e. The first kappa shape index (κ1) is 28.3. The van der Waals surface area contributed by atoms with E-state index in [9.17, 15) is 35.9 Å². The molecule has 3 rings (SSSR count). The van der Waals surface area contributed by atoms with Crippen molar-refractivity contribution in [1.82, 2.24) is 10.2 Å². The number of anilines is 1. The third-order valence-corrected chi connectivity index (χ3v) is 7.08. The van der Waals surface area contributed by atoms with Gasteiger partial charge in [0.05, 0.1) is 11.1 Å². The van der Waals surface area contributed by atoms with E-state index in [0.717, 1.165) is 50.8 Å². The predicted molar refractivity (Wildman–Crippen MR) is 124 cm³/mol. The molecule has 0 atom stereocenters. The first-order valence-electron chi connectivity index (χ1n) is 12.4. The number of amides is 1. The van der Waals surface area contributed by atoms with E-state index in [0.29, 0.717) is 32.1 Å². The van der Waals surface area contributed by atoms with E-state index in [1.807, 2.05) is 0 Å². The first-order valence-corrected chi connectivity index (χ1v) is 12.4. The quantitative estimate of drug-likeness (QED) is 0.473. The molecule has 1 N–H and O–H groups in total. The van der Waals surface area contributed by atoms with Crippen LogP contribution in [0.15, 0.2) is 18.2 Å². The predicted octanol–water partition coefficient (Wildman–Crippen LogP) is 5.28. The van der Waals surface area contributed by atoms with Gasteiger partial charge in [-0.3, -0.25) is 9.69 Å². The number of halogens is 6. The van der Waals surface area contributed by atoms with Crippen LogP contribution in [0.1, 0.15) is 63.0 Å². The summed E-state index contributed by atoms with van der Waals surface area (Å²) in [7, 11) is 0. The minimum atomic E-state index is -4.85. The van der Waals surface area contributed by atoms with Crippen LogP contribution >= 0.6 is 0 Å². The van der Waals surface area contributed by atoms with Crippen molar-refractivity contribution in [1.29, 1.82) is 0 Å². The van der Waals surface area contributed by atoms with Crippen LogP contribution in [-0.2, 0) is 21.9 Å². The molecule has 1 amide bonds. The fourth-order valence-electron chi connectivity index (χ4n) is 4.90.